The number of aromatic amines is 1. The van der Waals surface area contributed by atoms with Gasteiger partial charge in [-0.05, 0) is 43.5 Å². The van der Waals surface area contributed by atoms with E-state index in [2.05, 4.69) is 15.0 Å². The van der Waals surface area contributed by atoms with Crippen LogP contribution >= 0.6 is 0 Å². The van der Waals surface area contributed by atoms with Crippen LogP contribution in [0.4, 0.5) is 0 Å². The van der Waals surface area contributed by atoms with Gasteiger partial charge in [0.05, 0.1) is 11.4 Å². The third-order valence-electron chi connectivity index (χ3n) is 5.01. The molecule has 3 aromatic rings. The zero-order chi connectivity index (χ0) is 19.0. The van der Waals surface area contributed by atoms with Crippen molar-refractivity contribution in [1.29, 1.82) is 0 Å². The second kappa shape index (κ2) is 6.83. The largest absolute Gasteiger partial charge is 0.369 e. The van der Waals surface area contributed by atoms with Gasteiger partial charge in [-0.25, -0.2) is 9.97 Å². The number of piperidine rings is 1. The van der Waals surface area contributed by atoms with Gasteiger partial charge in [-0.15, -0.1) is 0 Å². The summed E-state index contributed by atoms with van der Waals surface area (Å²) in [6.07, 6.45) is 3.30. The molecule has 4 rings (SSSR count). The predicted octanol–water partition coefficient (Wildman–Crippen LogP) is 2.27. The van der Waals surface area contributed by atoms with Crippen LogP contribution in [0.1, 0.15) is 29.0 Å². The van der Waals surface area contributed by atoms with Crippen molar-refractivity contribution >= 4 is 23.0 Å². The highest BCUT2D eigenvalue weighted by Gasteiger charge is 2.27. The number of nitrogens with zero attached hydrogens (tertiary/aromatic N) is 3. The number of imidazole rings is 1. The number of nitrogens with two attached hydrogens (primary N) is 1. The van der Waals surface area contributed by atoms with Crippen molar-refractivity contribution in [2.24, 2.45) is 11.7 Å². The number of primary amides is 1. The van der Waals surface area contributed by atoms with Crippen molar-refractivity contribution in [2.45, 2.75) is 19.8 Å². The quantitative estimate of drug-likeness (QED) is 0.744. The average Bonchev–Trinajstić information content (AvgIpc) is 3.06. The van der Waals surface area contributed by atoms with Crippen LogP contribution in [-0.4, -0.2) is 44.8 Å². The van der Waals surface area contributed by atoms with Crippen LogP contribution in [0.15, 0.2) is 36.5 Å². The molecule has 1 aromatic carbocycles. The summed E-state index contributed by atoms with van der Waals surface area (Å²) in [6.45, 7) is 2.92. The van der Waals surface area contributed by atoms with Gasteiger partial charge in [-0.1, -0.05) is 12.1 Å². The number of amides is 2. The summed E-state index contributed by atoms with van der Waals surface area (Å²) in [5, 5.41) is 0. The number of likely N-dealkylation sites (tertiary alicyclic amines) is 1. The molecule has 0 aliphatic carbocycles. The van der Waals surface area contributed by atoms with Crippen molar-refractivity contribution < 1.29 is 9.59 Å². The van der Waals surface area contributed by atoms with Gasteiger partial charge >= 0.3 is 0 Å². The first kappa shape index (κ1) is 17.2. The van der Waals surface area contributed by atoms with Crippen molar-refractivity contribution in [3.63, 3.8) is 0 Å². The molecule has 0 saturated carbocycles. The van der Waals surface area contributed by atoms with Gasteiger partial charge in [-0.3, -0.25) is 9.59 Å². The molecule has 3 heterocycles. The molecule has 3 N–H and O–H groups in total. The van der Waals surface area contributed by atoms with Crippen LogP contribution in [0.25, 0.3) is 22.3 Å². The Morgan fingerprint density at radius 3 is 2.93 bits per heavy atom. The lowest BCUT2D eigenvalue weighted by Crippen LogP contribution is -2.44. The summed E-state index contributed by atoms with van der Waals surface area (Å²) < 4.78 is 0. The average molecular weight is 363 g/mol. The molecule has 1 aliphatic heterocycles. The second-order valence-corrected chi connectivity index (χ2v) is 6.99. The maximum atomic E-state index is 12.9. The van der Waals surface area contributed by atoms with Crippen molar-refractivity contribution in [2.75, 3.05) is 13.1 Å². The molecule has 7 nitrogen and oxygen atoms in total. The Morgan fingerprint density at radius 2 is 2.11 bits per heavy atom. The summed E-state index contributed by atoms with van der Waals surface area (Å²) in [5.41, 5.74) is 9.38. The minimum Gasteiger partial charge on any atom is -0.369 e. The lowest BCUT2D eigenvalue weighted by Gasteiger charge is -2.31. The Hall–Kier alpha value is -3.22. The highest BCUT2D eigenvalue weighted by Crippen LogP contribution is 2.24. The zero-order valence-corrected chi connectivity index (χ0v) is 15.1. The first-order valence-electron chi connectivity index (χ1n) is 9.02. The molecule has 138 valence electrons. The van der Waals surface area contributed by atoms with Crippen LogP contribution in [-0.2, 0) is 4.79 Å². The van der Waals surface area contributed by atoms with E-state index in [-0.39, 0.29) is 17.7 Å². The van der Waals surface area contributed by atoms with E-state index in [1.165, 1.54) is 0 Å². The number of carbonyl (C=O) groups is 2. The molecule has 2 amide bonds. The fourth-order valence-corrected chi connectivity index (χ4v) is 3.59. The second-order valence-electron chi connectivity index (χ2n) is 6.99. The summed E-state index contributed by atoms with van der Waals surface area (Å²) in [6, 6.07) is 9.45. The number of aryl methyl sites for hydroxylation is 1. The van der Waals surface area contributed by atoms with E-state index < -0.39 is 0 Å². The first-order chi connectivity index (χ1) is 13.0. The fraction of sp³-hybridized carbons (Fsp3) is 0.300. The summed E-state index contributed by atoms with van der Waals surface area (Å²) in [5.74, 6) is 0.137. The number of fused-ring (bicyclic) bond motifs is 1. The topological polar surface area (TPSA) is 105 Å². The van der Waals surface area contributed by atoms with E-state index in [1.54, 1.807) is 17.2 Å². The number of benzene rings is 1. The van der Waals surface area contributed by atoms with Gasteiger partial charge in [0.25, 0.3) is 5.91 Å². The smallest absolute Gasteiger partial charge is 0.253 e. The van der Waals surface area contributed by atoms with Crippen molar-refractivity contribution in [1.82, 2.24) is 19.9 Å². The molecule has 7 heteroatoms. The van der Waals surface area contributed by atoms with E-state index in [4.69, 9.17) is 5.73 Å². The summed E-state index contributed by atoms with van der Waals surface area (Å²) in [7, 11) is 0. The molecule has 0 radical (unpaired) electrons. The molecule has 1 saturated heterocycles. The molecule has 0 bridgehead atoms. The zero-order valence-electron chi connectivity index (χ0n) is 15.1. The molecule has 0 unspecified atom stereocenters. The fourth-order valence-electron chi connectivity index (χ4n) is 3.59. The number of hydrogen-bond donors (Lipinski definition) is 2. The lowest BCUT2D eigenvalue weighted by molar-refractivity contribution is -0.123. The number of H-pyrrole nitrogens is 1. The van der Waals surface area contributed by atoms with Gasteiger partial charge in [-0.2, -0.15) is 0 Å². The van der Waals surface area contributed by atoms with Gasteiger partial charge in [0.2, 0.25) is 5.91 Å². The van der Waals surface area contributed by atoms with Gasteiger partial charge in [0, 0.05) is 30.4 Å². The Kier molecular flexibility index (Phi) is 4.35. The molecule has 2 aromatic heterocycles. The summed E-state index contributed by atoms with van der Waals surface area (Å²) in [4.78, 5) is 38.0. The van der Waals surface area contributed by atoms with E-state index >= 15 is 0 Å². The Labute approximate surface area is 156 Å². The maximum absolute atomic E-state index is 12.9. The lowest BCUT2D eigenvalue weighted by atomic mass is 9.96. The van der Waals surface area contributed by atoms with Crippen LogP contribution in [0.5, 0.6) is 0 Å². The van der Waals surface area contributed by atoms with Crippen LogP contribution in [0.3, 0.4) is 0 Å². The van der Waals surface area contributed by atoms with Gasteiger partial charge in [0.15, 0.2) is 5.65 Å². The minimum atomic E-state index is -0.338. The third kappa shape index (κ3) is 3.40. The third-order valence-corrected chi connectivity index (χ3v) is 5.01. The van der Waals surface area contributed by atoms with E-state index in [1.807, 2.05) is 31.2 Å². The normalized spacial score (nSPS) is 17.2. The standard InChI is InChI=1S/C20H21N5O2/c1-12-23-17-9-16(10-22-19(17)24-12)13-4-2-5-14(8-13)20(27)25-7-3-6-15(11-25)18(21)26/h2,4-5,8-10,15H,3,6-7,11H2,1H3,(H2,21,26)(H,22,23,24)/t15-/m0/s1. The molecular formula is C20H21N5O2. The monoisotopic (exact) mass is 363 g/mol. The summed E-state index contributed by atoms with van der Waals surface area (Å²) >= 11 is 0. The number of hydrogen-bond acceptors (Lipinski definition) is 4. The minimum absolute atomic E-state index is 0.0748. The Bertz CT molecular complexity index is 1030. The van der Waals surface area contributed by atoms with Crippen LogP contribution < -0.4 is 5.73 Å². The Morgan fingerprint density at radius 1 is 1.26 bits per heavy atom. The number of rotatable bonds is 3. The maximum Gasteiger partial charge on any atom is 0.253 e. The van der Waals surface area contributed by atoms with E-state index in [0.29, 0.717) is 24.3 Å². The van der Waals surface area contributed by atoms with Gasteiger partial charge < -0.3 is 15.6 Å². The highest BCUT2D eigenvalue weighted by molar-refractivity contribution is 5.96. The number of pyridine rings is 1. The molecule has 27 heavy (non-hydrogen) atoms. The molecule has 1 aliphatic rings. The molecule has 1 fully saturated rings. The molecule has 1 atom stereocenters. The number of carbonyl (C=O) groups excluding carboxylic acids is 2. The predicted molar refractivity (Wildman–Crippen MR) is 102 cm³/mol. The number of nitrogens with one attached hydrogen (secondary N) is 1. The molecule has 0 spiro atoms. The van der Waals surface area contributed by atoms with Crippen molar-refractivity contribution in [3.8, 4) is 11.1 Å². The van der Waals surface area contributed by atoms with Gasteiger partial charge in [0.1, 0.15) is 5.82 Å². The number of aromatic nitrogens is 3. The highest BCUT2D eigenvalue weighted by atomic mass is 16.2. The first-order valence-corrected chi connectivity index (χ1v) is 9.02. The van der Waals surface area contributed by atoms with E-state index in [9.17, 15) is 9.59 Å². The van der Waals surface area contributed by atoms with Crippen molar-refractivity contribution in [3.05, 3.63) is 47.9 Å². The van der Waals surface area contributed by atoms with Crippen LogP contribution in [0.2, 0.25) is 0 Å². The SMILES string of the molecule is Cc1nc2ncc(-c3cccc(C(=O)N4CCC[C@H](C(N)=O)C4)c3)cc2[nH]1. The van der Waals surface area contributed by atoms with E-state index in [0.717, 1.165) is 35.3 Å². The molecular weight excluding hydrogens is 342 g/mol. The Balaban J connectivity index is 1.61. The van der Waals surface area contributed by atoms with Crippen LogP contribution in [0, 0.1) is 12.8 Å².